The fraction of sp³-hybridized carbons (Fsp3) is 0.167. The van der Waals surface area contributed by atoms with Crippen LogP contribution in [0, 0.1) is 13.8 Å². The van der Waals surface area contributed by atoms with Gasteiger partial charge in [-0.1, -0.05) is 23.8 Å². The largest absolute Gasteiger partial charge is 0.313 e. The lowest BCUT2D eigenvalue weighted by molar-refractivity contribution is 0.111. The number of thioether (sulfide) groups is 1. The smallest absolute Gasteiger partial charge is 0.167 e. The molecule has 3 rings (SSSR count). The highest BCUT2D eigenvalue weighted by atomic mass is 32.2. The fourth-order valence-corrected chi connectivity index (χ4v) is 3.32. The number of carbonyl (C=O) groups excluding carboxylic acids is 1. The molecular weight excluding hydrogens is 278 g/mol. The van der Waals surface area contributed by atoms with Crippen LogP contribution in [-0.4, -0.2) is 16.9 Å². The van der Waals surface area contributed by atoms with E-state index < -0.39 is 0 Å². The number of aromatic nitrogens is 1. The monoisotopic (exact) mass is 295 g/mol. The minimum absolute atomic E-state index is 0.717. The van der Waals surface area contributed by atoms with Crippen molar-refractivity contribution in [1.82, 2.24) is 4.40 Å². The summed E-state index contributed by atoms with van der Waals surface area (Å²) in [6.07, 6.45) is 4.97. The van der Waals surface area contributed by atoms with Crippen LogP contribution < -0.4 is 0 Å². The van der Waals surface area contributed by atoms with Crippen LogP contribution in [0.1, 0.15) is 21.6 Å². The molecule has 1 aromatic carbocycles. The maximum Gasteiger partial charge on any atom is 0.167 e. The Bertz CT molecular complexity index is 833. The van der Waals surface area contributed by atoms with Crippen molar-refractivity contribution >= 4 is 23.6 Å². The first-order valence-corrected chi connectivity index (χ1v) is 8.09. The van der Waals surface area contributed by atoms with Crippen LogP contribution in [0.5, 0.6) is 0 Å². The van der Waals surface area contributed by atoms with E-state index in [2.05, 4.69) is 50.4 Å². The topological polar surface area (TPSA) is 21.5 Å². The van der Waals surface area contributed by atoms with Gasteiger partial charge in [-0.05, 0) is 49.4 Å². The molecule has 0 saturated heterocycles. The predicted octanol–water partition coefficient (Wildman–Crippen LogP) is 4.76. The molecule has 21 heavy (non-hydrogen) atoms. The van der Waals surface area contributed by atoms with Gasteiger partial charge in [-0.15, -0.1) is 11.8 Å². The van der Waals surface area contributed by atoms with Gasteiger partial charge in [0.25, 0.3) is 0 Å². The standard InChI is InChI=1S/C18H17NOS/c1-12-6-7-18(21-3)15(9-12)14-10-16-13(2)5-4-8-19(16)17(14)11-20/h4-11H,1-3H3. The summed E-state index contributed by atoms with van der Waals surface area (Å²) in [6, 6.07) is 12.6. The molecule has 0 aliphatic carbocycles. The van der Waals surface area contributed by atoms with Crippen LogP contribution in [0.15, 0.2) is 47.5 Å². The van der Waals surface area contributed by atoms with Crippen molar-refractivity contribution in [2.24, 2.45) is 0 Å². The summed E-state index contributed by atoms with van der Waals surface area (Å²) in [4.78, 5) is 12.8. The van der Waals surface area contributed by atoms with Crippen molar-refractivity contribution in [3.8, 4) is 11.1 Å². The van der Waals surface area contributed by atoms with E-state index in [1.165, 1.54) is 16.0 Å². The SMILES string of the molecule is CSc1ccc(C)cc1-c1cc2c(C)cccn2c1C=O. The van der Waals surface area contributed by atoms with Crippen molar-refractivity contribution in [2.45, 2.75) is 18.7 Å². The van der Waals surface area contributed by atoms with Gasteiger partial charge in [0.2, 0.25) is 0 Å². The van der Waals surface area contributed by atoms with Crippen molar-refractivity contribution in [3.05, 3.63) is 59.4 Å². The second-order valence-electron chi connectivity index (χ2n) is 5.21. The van der Waals surface area contributed by atoms with Gasteiger partial charge in [-0.2, -0.15) is 0 Å². The molecule has 0 radical (unpaired) electrons. The average Bonchev–Trinajstić information content (AvgIpc) is 2.87. The van der Waals surface area contributed by atoms with Crippen LogP contribution >= 0.6 is 11.8 Å². The Balaban J connectivity index is 2.37. The van der Waals surface area contributed by atoms with E-state index in [1.807, 2.05) is 16.7 Å². The van der Waals surface area contributed by atoms with Crippen molar-refractivity contribution in [2.75, 3.05) is 6.26 Å². The van der Waals surface area contributed by atoms with E-state index in [0.717, 1.165) is 28.6 Å². The van der Waals surface area contributed by atoms with E-state index in [9.17, 15) is 4.79 Å². The quantitative estimate of drug-likeness (QED) is 0.513. The Morgan fingerprint density at radius 2 is 1.90 bits per heavy atom. The third kappa shape index (κ3) is 2.28. The van der Waals surface area contributed by atoms with Crippen LogP contribution in [-0.2, 0) is 0 Å². The van der Waals surface area contributed by atoms with Crippen LogP contribution in [0.2, 0.25) is 0 Å². The first kappa shape index (κ1) is 14.0. The molecule has 0 bridgehead atoms. The molecule has 0 aliphatic rings. The molecule has 0 spiro atoms. The molecule has 106 valence electrons. The number of hydrogen-bond donors (Lipinski definition) is 0. The zero-order chi connectivity index (χ0) is 15.0. The number of pyridine rings is 1. The van der Waals surface area contributed by atoms with Gasteiger partial charge in [0.1, 0.15) is 0 Å². The molecule has 0 unspecified atom stereocenters. The van der Waals surface area contributed by atoms with Crippen molar-refractivity contribution in [3.63, 3.8) is 0 Å². The van der Waals surface area contributed by atoms with Gasteiger partial charge in [-0.3, -0.25) is 4.79 Å². The lowest BCUT2D eigenvalue weighted by Crippen LogP contribution is -1.93. The third-order valence-corrected chi connectivity index (χ3v) is 4.61. The highest BCUT2D eigenvalue weighted by Gasteiger charge is 2.15. The summed E-state index contributed by atoms with van der Waals surface area (Å²) in [5.41, 5.74) is 6.31. The van der Waals surface area contributed by atoms with Gasteiger partial charge in [0, 0.05) is 22.2 Å². The molecule has 3 aromatic rings. The zero-order valence-corrected chi connectivity index (χ0v) is 13.2. The Labute approximate surface area is 128 Å². The van der Waals surface area contributed by atoms with Gasteiger partial charge in [-0.25, -0.2) is 0 Å². The summed E-state index contributed by atoms with van der Waals surface area (Å²) in [5, 5.41) is 0. The molecule has 0 atom stereocenters. The normalized spacial score (nSPS) is 11.0. The van der Waals surface area contributed by atoms with Gasteiger partial charge < -0.3 is 4.40 Å². The number of aryl methyl sites for hydroxylation is 2. The number of nitrogens with zero attached hydrogens (tertiary/aromatic N) is 1. The predicted molar refractivity (Wildman–Crippen MR) is 89.5 cm³/mol. The van der Waals surface area contributed by atoms with Crippen molar-refractivity contribution in [1.29, 1.82) is 0 Å². The summed E-state index contributed by atoms with van der Waals surface area (Å²) < 4.78 is 1.98. The number of hydrogen-bond acceptors (Lipinski definition) is 2. The Hall–Kier alpha value is -2.00. The van der Waals surface area contributed by atoms with Gasteiger partial charge in [0.15, 0.2) is 6.29 Å². The van der Waals surface area contributed by atoms with Gasteiger partial charge >= 0.3 is 0 Å². The molecule has 0 saturated carbocycles. The second-order valence-corrected chi connectivity index (χ2v) is 6.06. The minimum Gasteiger partial charge on any atom is -0.313 e. The number of rotatable bonds is 3. The first-order valence-electron chi connectivity index (χ1n) is 6.86. The Kier molecular flexibility index (Phi) is 3.60. The van der Waals surface area contributed by atoms with Crippen LogP contribution in [0.25, 0.3) is 16.6 Å². The molecule has 3 heteroatoms. The third-order valence-electron chi connectivity index (χ3n) is 3.82. The molecule has 0 N–H and O–H groups in total. The molecule has 2 nitrogen and oxygen atoms in total. The van der Waals surface area contributed by atoms with Crippen molar-refractivity contribution < 1.29 is 4.79 Å². The number of carbonyl (C=O) groups is 1. The Morgan fingerprint density at radius 1 is 1.10 bits per heavy atom. The maximum absolute atomic E-state index is 11.6. The van der Waals surface area contributed by atoms with Crippen LogP contribution in [0.4, 0.5) is 0 Å². The lowest BCUT2D eigenvalue weighted by Gasteiger charge is -2.08. The zero-order valence-electron chi connectivity index (χ0n) is 12.4. The summed E-state index contributed by atoms with van der Waals surface area (Å²) >= 11 is 1.71. The van der Waals surface area contributed by atoms with E-state index in [-0.39, 0.29) is 0 Å². The second kappa shape index (κ2) is 5.41. The maximum atomic E-state index is 11.6. The van der Waals surface area contributed by atoms with E-state index in [0.29, 0.717) is 0 Å². The first-order chi connectivity index (χ1) is 10.2. The van der Waals surface area contributed by atoms with E-state index >= 15 is 0 Å². The molecule has 2 aromatic heterocycles. The van der Waals surface area contributed by atoms with Crippen LogP contribution in [0.3, 0.4) is 0 Å². The Morgan fingerprint density at radius 3 is 2.62 bits per heavy atom. The molecule has 2 heterocycles. The highest BCUT2D eigenvalue weighted by Crippen LogP contribution is 2.35. The number of benzene rings is 1. The summed E-state index contributed by atoms with van der Waals surface area (Å²) in [7, 11) is 0. The molecule has 0 fully saturated rings. The van der Waals surface area contributed by atoms with E-state index in [4.69, 9.17) is 0 Å². The fourth-order valence-electron chi connectivity index (χ4n) is 2.73. The summed E-state index contributed by atoms with van der Waals surface area (Å²) in [6.45, 7) is 4.15. The number of aldehydes is 1. The molecule has 0 aliphatic heterocycles. The molecule has 0 amide bonds. The lowest BCUT2D eigenvalue weighted by atomic mass is 10.0. The minimum atomic E-state index is 0.717. The van der Waals surface area contributed by atoms with E-state index in [1.54, 1.807) is 11.8 Å². The van der Waals surface area contributed by atoms with Gasteiger partial charge in [0.05, 0.1) is 5.69 Å². The molecular formula is C18H17NOS. The summed E-state index contributed by atoms with van der Waals surface area (Å²) in [5.74, 6) is 0. The average molecular weight is 295 g/mol. The highest BCUT2D eigenvalue weighted by molar-refractivity contribution is 7.98. The number of fused-ring (bicyclic) bond motifs is 1.